The molecule has 200 valence electrons. The highest BCUT2D eigenvalue weighted by Crippen LogP contribution is 2.56. The van der Waals surface area contributed by atoms with Crippen molar-refractivity contribution < 1.29 is 4.74 Å². The molecule has 0 N–H and O–H groups in total. The van der Waals surface area contributed by atoms with Crippen molar-refractivity contribution in [3.63, 3.8) is 0 Å². The zero-order valence-electron chi connectivity index (χ0n) is 24.0. The molecule has 6 rings (SSSR count). The van der Waals surface area contributed by atoms with Crippen molar-refractivity contribution >= 4 is 34.0 Å². The van der Waals surface area contributed by atoms with E-state index in [0.717, 1.165) is 36.5 Å². The SMILES string of the molecule is CCN(CC)c1ccc(-c2cc3c(c4ccccc24)OC2(C=N3)N(CC(C)C)c3ccccc3C2(C)C)cc1. The average molecular weight is 518 g/mol. The van der Waals surface area contributed by atoms with E-state index in [1.54, 1.807) is 0 Å². The van der Waals surface area contributed by atoms with E-state index in [0.29, 0.717) is 5.92 Å². The van der Waals surface area contributed by atoms with E-state index in [2.05, 4.69) is 136 Å². The largest absolute Gasteiger partial charge is 0.459 e. The number of anilines is 2. The fourth-order valence-corrected chi connectivity index (χ4v) is 6.52. The number of benzene rings is 4. The summed E-state index contributed by atoms with van der Waals surface area (Å²) >= 11 is 0. The molecule has 1 atom stereocenters. The van der Waals surface area contributed by atoms with Crippen molar-refractivity contribution in [1.82, 2.24) is 0 Å². The predicted octanol–water partition coefficient (Wildman–Crippen LogP) is 8.60. The number of para-hydroxylation sites is 1. The zero-order chi connectivity index (χ0) is 27.4. The third-order valence-corrected chi connectivity index (χ3v) is 8.63. The fraction of sp³-hybridized carbons (Fsp3) is 0.343. The molecule has 4 aromatic carbocycles. The van der Waals surface area contributed by atoms with Gasteiger partial charge in [0, 0.05) is 36.4 Å². The van der Waals surface area contributed by atoms with Crippen molar-refractivity contribution in [2.45, 2.75) is 52.7 Å². The first-order chi connectivity index (χ1) is 18.8. The van der Waals surface area contributed by atoms with E-state index in [1.807, 2.05) is 0 Å². The van der Waals surface area contributed by atoms with E-state index in [9.17, 15) is 0 Å². The summed E-state index contributed by atoms with van der Waals surface area (Å²) in [5.74, 6) is 1.34. The Hall–Kier alpha value is -3.79. The molecular formula is C35H39N3O. The van der Waals surface area contributed by atoms with Gasteiger partial charge in [0.15, 0.2) is 5.75 Å². The minimum atomic E-state index is -0.705. The van der Waals surface area contributed by atoms with Gasteiger partial charge in [-0.3, -0.25) is 4.99 Å². The van der Waals surface area contributed by atoms with Gasteiger partial charge in [0.25, 0.3) is 0 Å². The lowest BCUT2D eigenvalue weighted by Crippen LogP contribution is -2.62. The highest BCUT2D eigenvalue weighted by molar-refractivity contribution is 6.05. The van der Waals surface area contributed by atoms with E-state index < -0.39 is 5.72 Å². The van der Waals surface area contributed by atoms with Crippen LogP contribution in [-0.2, 0) is 5.41 Å². The minimum absolute atomic E-state index is 0.292. The molecule has 0 saturated heterocycles. The van der Waals surface area contributed by atoms with E-state index in [4.69, 9.17) is 9.73 Å². The molecular weight excluding hydrogens is 478 g/mol. The standard InChI is InChI=1S/C35H39N3O/c1-7-37(8-2)26-19-17-25(18-20-26)29-21-31-33(28-14-10-9-13-27(28)29)39-35(23-36-31)34(5,6)30-15-11-12-16-32(30)38(35)22-24(3)4/h9-21,23-24H,7-8,22H2,1-6H3. The van der Waals surface area contributed by atoms with Crippen LogP contribution in [-0.4, -0.2) is 31.6 Å². The third-order valence-electron chi connectivity index (χ3n) is 8.63. The van der Waals surface area contributed by atoms with Crippen LogP contribution in [0, 0.1) is 5.92 Å². The summed E-state index contributed by atoms with van der Waals surface area (Å²) in [5.41, 5.74) is 6.05. The first-order valence-corrected chi connectivity index (χ1v) is 14.3. The lowest BCUT2D eigenvalue weighted by molar-refractivity contribution is 0.0772. The Morgan fingerprint density at radius 2 is 1.54 bits per heavy atom. The highest BCUT2D eigenvalue weighted by Gasteiger charge is 2.59. The molecule has 4 nitrogen and oxygen atoms in total. The number of aliphatic imine (C=N–C) groups is 1. The zero-order valence-corrected chi connectivity index (χ0v) is 24.0. The molecule has 4 aromatic rings. The van der Waals surface area contributed by atoms with Gasteiger partial charge in [0.2, 0.25) is 5.72 Å². The number of fused-ring (bicyclic) bond motifs is 4. The Labute approximate surface area is 232 Å². The first kappa shape index (κ1) is 25.5. The highest BCUT2D eigenvalue weighted by atomic mass is 16.5. The molecule has 0 aromatic heterocycles. The maximum Gasteiger partial charge on any atom is 0.228 e. The summed E-state index contributed by atoms with van der Waals surface area (Å²) in [7, 11) is 0. The summed E-state index contributed by atoms with van der Waals surface area (Å²) in [6.07, 6.45) is 2.07. The van der Waals surface area contributed by atoms with Crippen LogP contribution in [0.15, 0.2) is 83.9 Å². The van der Waals surface area contributed by atoms with Gasteiger partial charge >= 0.3 is 0 Å². The van der Waals surface area contributed by atoms with Gasteiger partial charge < -0.3 is 14.5 Å². The molecule has 1 spiro atoms. The second-order valence-corrected chi connectivity index (χ2v) is 11.7. The van der Waals surface area contributed by atoms with Crippen LogP contribution in [0.25, 0.3) is 21.9 Å². The van der Waals surface area contributed by atoms with Gasteiger partial charge in [0.1, 0.15) is 5.69 Å². The molecule has 2 heterocycles. The van der Waals surface area contributed by atoms with Crippen LogP contribution in [0.2, 0.25) is 0 Å². The first-order valence-electron chi connectivity index (χ1n) is 14.3. The van der Waals surface area contributed by atoms with E-state index in [-0.39, 0.29) is 5.41 Å². The van der Waals surface area contributed by atoms with Crippen LogP contribution in [0.3, 0.4) is 0 Å². The van der Waals surface area contributed by atoms with E-state index in [1.165, 1.54) is 33.5 Å². The van der Waals surface area contributed by atoms with Crippen LogP contribution in [0.4, 0.5) is 17.1 Å². The molecule has 39 heavy (non-hydrogen) atoms. The number of hydrogen-bond acceptors (Lipinski definition) is 4. The normalized spacial score (nSPS) is 18.9. The van der Waals surface area contributed by atoms with Crippen molar-refractivity contribution in [1.29, 1.82) is 0 Å². The monoisotopic (exact) mass is 517 g/mol. The van der Waals surface area contributed by atoms with Crippen LogP contribution in [0.1, 0.15) is 47.1 Å². The van der Waals surface area contributed by atoms with Crippen LogP contribution >= 0.6 is 0 Å². The average Bonchev–Trinajstić information content (AvgIpc) is 3.12. The lowest BCUT2D eigenvalue weighted by atomic mass is 9.77. The molecule has 0 radical (unpaired) electrons. The number of nitrogens with zero attached hydrogens (tertiary/aromatic N) is 3. The lowest BCUT2D eigenvalue weighted by Gasteiger charge is -2.47. The Kier molecular flexibility index (Phi) is 6.17. The number of hydrogen-bond donors (Lipinski definition) is 0. The molecule has 0 aliphatic carbocycles. The molecule has 0 saturated carbocycles. The van der Waals surface area contributed by atoms with Gasteiger partial charge in [-0.25, -0.2) is 0 Å². The predicted molar refractivity (Wildman–Crippen MR) is 166 cm³/mol. The second-order valence-electron chi connectivity index (χ2n) is 11.7. The Bertz CT molecular complexity index is 1550. The van der Waals surface area contributed by atoms with Crippen molar-refractivity contribution in [3.05, 3.63) is 84.4 Å². The van der Waals surface area contributed by atoms with Gasteiger partial charge in [-0.1, -0.05) is 68.4 Å². The van der Waals surface area contributed by atoms with Crippen molar-refractivity contribution in [2.24, 2.45) is 10.9 Å². The van der Waals surface area contributed by atoms with E-state index >= 15 is 0 Å². The third kappa shape index (κ3) is 3.83. The summed E-state index contributed by atoms with van der Waals surface area (Å²) in [5, 5.41) is 2.29. The molecule has 2 aliphatic heterocycles. The Morgan fingerprint density at radius 3 is 2.23 bits per heavy atom. The Balaban J connectivity index is 1.50. The van der Waals surface area contributed by atoms with Gasteiger partial charge in [0.05, 0.1) is 11.6 Å². The van der Waals surface area contributed by atoms with Gasteiger partial charge in [-0.05, 0) is 80.0 Å². The topological polar surface area (TPSA) is 28.1 Å². The molecule has 0 bridgehead atoms. The van der Waals surface area contributed by atoms with Crippen LogP contribution in [0.5, 0.6) is 5.75 Å². The Morgan fingerprint density at radius 1 is 0.872 bits per heavy atom. The molecule has 0 fully saturated rings. The quantitative estimate of drug-likeness (QED) is 0.256. The molecule has 0 amide bonds. The fourth-order valence-electron chi connectivity index (χ4n) is 6.52. The van der Waals surface area contributed by atoms with Crippen LogP contribution < -0.4 is 14.5 Å². The number of rotatable bonds is 6. The molecule has 1 unspecified atom stereocenters. The maximum absolute atomic E-state index is 7.25. The number of ether oxygens (including phenoxy) is 1. The molecule has 2 aliphatic rings. The summed E-state index contributed by atoms with van der Waals surface area (Å²) < 4.78 is 7.25. The molecule has 4 heteroatoms. The van der Waals surface area contributed by atoms with Crippen molar-refractivity contribution in [2.75, 3.05) is 29.4 Å². The maximum atomic E-state index is 7.25. The summed E-state index contributed by atoms with van der Waals surface area (Å²) in [6.45, 7) is 16.4. The van der Waals surface area contributed by atoms with Gasteiger partial charge in [-0.15, -0.1) is 0 Å². The van der Waals surface area contributed by atoms with Crippen molar-refractivity contribution in [3.8, 4) is 16.9 Å². The minimum Gasteiger partial charge on any atom is -0.459 e. The smallest absolute Gasteiger partial charge is 0.228 e. The summed E-state index contributed by atoms with van der Waals surface area (Å²) in [6, 6.07) is 28.5. The van der Waals surface area contributed by atoms with Gasteiger partial charge in [-0.2, -0.15) is 0 Å². The second kappa shape index (κ2) is 9.44. The summed E-state index contributed by atoms with van der Waals surface area (Å²) in [4.78, 5) is 9.98.